The van der Waals surface area contributed by atoms with Crippen molar-refractivity contribution in [3.8, 4) is 17.6 Å². The molecule has 0 aromatic heterocycles. The predicted octanol–water partition coefficient (Wildman–Crippen LogP) is 2.68. The second-order valence-corrected chi connectivity index (χ2v) is 3.01. The van der Waals surface area contributed by atoms with E-state index in [-0.39, 0.29) is 0 Å². The first kappa shape index (κ1) is 9.67. The lowest BCUT2D eigenvalue weighted by Gasteiger charge is -2.06. The van der Waals surface area contributed by atoms with E-state index in [9.17, 15) is 0 Å². The van der Waals surface area contributed by atoms with Crippen LogP contribution in [-0.2, 0) is 0 Å². The molecule has 0 saturated heterocycles. The molecule has 0 aliphatic heterocycles. The van der Waals surface area contributed by atoms with Gasteiger partial charge in [-0.3, -0.25) is 0 Å². The number of hydrogen-bond donors (Lipinski definition) is 0. The molecule has 1 rings (SSSR count). The van der Waals surface area contributed by atoms with Crippen LogP contribution in [0.15, 0.2) is 12.1 Å². The fourth-order valence-corrected chi connectivity index (χ4v) is 1.36. The van der Waals surface area contributed by atoms with Gasteiger partial charge >= 0.3 is 0 Å². The van der Waals surface area contributed by atoms with Crippen LogP contribution in [0.4, 0.5) is 0 Å². The monoisotopic (exact) mass is 174 g/mol. The van der Waals surface area contributed by atoms with Gasteiger partial charge in [-0.1, -0.05) is 5.92 Å². The summed E-state index contributed by atoms with van der Waals surface area (Å²) in [5.41, 5.74) is 3.46. The van der Waals surface area contributed by atoms with Crippen LogP contribution in [0.5, 0.6) is 5.75 Å². The van der Waals surface area contributed by atoms with Crippen molar-refractivity contribution in [3.63, 3.8) is 0 Å². The van der Waals surface area contributed by atoms with Gasteiger partial charge in [0.25, 0.3) is 0 Å². The first-order chi connectivity index (χ1) is 6.19. The topological polar surface area (TPSA) is 9.23 Å². The van der Waals surface area contributed by atoms with Crippen molar-refractivity contribution >= 4 is 0 Å². The van der Waals surface area contributed by atoms with Crippen LogP contribution in [-0.4, -0.2) is 7.11 Å². The largest absolute Gasteiger partial charge is 0.497 e. The first-order valence-electron chi connectivity index (χ1n) is 4.27. The van der Waals surface area contributed by atoms with Crippen molar-refractivity contribution in [1.29, 1.82) is 0 Å². The zero-order chi connectivity index (χ0) is 9.84. The molecule has 0 spiro atoms. The van der Waals surface area contributed by atoms with Crippen LogP contribution in [0.2, 0.25) is 0 Å². The molecule has 0 aliphatic rings. The normalized spacial score (nSPS) is 8.92. The van der Waals surface area contributed by atoms with Crippen LogP contribution < -0.4 is 4.74 Å². The van der Waals surface area contributed by atoms with Gasteiger partial charge in [-0.15, -0.1) is 5.92 Å². The van der Waals surface area contributed by atoms with Crippen molar-refractivity contribution in [1.82, 2.24) is 0 Å². The van der Waals surface area contributed by atoms with Gasteiger partial charge in [0.1, 0.15) is 5.75 Å². The highest BCUT2D eigenvalue weighted by Crippen LogP contribution is 2.20. The number of hydrogen-bond acceptors (Lipinski definition) is 1. The molecular formula is C12H14O. The fraction of sp³-hybridized carbons (Fsp3) is 0.333. The molecule has 13 heavy (non-hydrogen) atoms. The standard InChI is InChI=1S/C12H14O/c1-5-6-12-9(2)7-11(13-4)8-10(12)3/h7-8H,1-4H3. The zero-order valence-electron chi connectivity index (χ0n) is 8.56. The minimum atomic E-state index is 0.900. The highest BCUT2D eigenvalue weighted by molar-refractivity contribution is 5.50. The average Bonchev–Trinajstić information content (AvgIpc) is 2.11. The Morgan fingerprint density at radius 2 is 1.69 bits per heavy atom. The van der Waals surface area contributed by atoms with Crippen molar-refractivity contribution in [3.05, 3.63) is 28.8 Å². The molecule has 1 aromatic rings. The first-order valence-corrected chi connectivity index (χ1v) is 4.27. The summed E-state index contributed by atoms with van der Waals surface area (Å²) in [6, 6.07) is 4.01. The van der Waals surface area contributed by atoms with E-state index in [0.717, 1.165) is 11.3 Å². The number of ether oxygens (including phenoxy) is 1. The summed E-state index contributed by atoms with van der Waals surface area (Å²) >= 11 is 0. The molecule has 1 aromatic carbocycles. The zero-order valence-corrected chi connectivity index (χ0v) is 8.56. The molecule has 0 radical (unpaired) electrons. The quantitative estimate of drug-likeness (QED) is 0.595. The van der Waals surface area contributed by atoms with Gasteiger partial charge < -0.3 is 4.74 Å². The van der Waals surface area contributed by atoms with Crippen molar-refractivity contribution in [2.45, 2.75) is 20.8 Å². The molecular weight excluding hydrogens is 160 g/mol. The molecule has 0 N–H and O–H groups in total. The number of aryl methyl sites for hydroxylation is 2. The molecule has 0 atom stereocenters. The smallest absolute Gasteiger partial charge is 0.119 e. The lowest BCUT2D eigenvalue weighted by molar-refractivity contribution is 0.414. The summed E-state index contributed by atoms with van der Waals surface area (Å²) in [6.07, 6.45) is 0. The summed E-state index contributed by atoms with van der Waals surface area (Å²) < 4.78 is 5.16. The molecule has 68 valence electrons. The summed E-state index contributed by atoms with van der Waals surface area (Å²) in [4.78, 5) is 0. The Kier molecular flexibility index (Phi) is 2.97. The van der Waals surface area contributed by atoms with E-state index in [1.54, 1.807) is 7.11 Å². The van der Waals surface area contributed by atoms with Gasteiger partial charge in [0.2, 0.25) is 0 Å². The third kappa shape index (κ3) is 2.03. The van der Waals surface area contributed by atoms with E-state index in [4.69, 9.17) is 4.74 Å². The number of rotatable bonds is 1. The minimum absolute atomic E-state index is 0.900. The molecule has 0 fully saturated rings. The highest BCUT2D eigenvalue weighted by Gasteiger charge is 2.02. The fourth-order valence-electron chi connectivity index (χ4n) is 1.36. The van der Waals surface area contributed by atoms with Gasteiger partial charge in [-0.25, -0.2) is 0 Å². The van der Waals surface area contributed by atoms with E-state index in [1.807, 2.05) is 19.1 Å². The van der Waals surface area contributed by atoms with Gasteiger partial charge in [-0.2, -0.15) is 0 Å². The van der Waals surface area contributed by atoms with Crippen molar-refractivity contribution in [2.75, 3.05) is 7.11 Å². The second kappa shape index (κ2) is 4.00. The van der Waals surface area contributed by atoms with E-state index < -0.39 is 0 Å². The maximum Gasteiger partial charge on any atom is 0.119 e. The number of methoxy groups -OCH3 is 1. The van der Waals surface area contributed by atoms with E-state index >= 15 is 0 Å². The Balaban J connectivity index is 3.28. The Morgan fingerprint density at radius 1 is 1.15 bits per heavy atom. The molecule has 0 bridgehead atoms. The Bertz CT molecular complexity index is 343. The third-order valence-corrected chi connectivity index (χ3v) is 1.99. The summed E-state index contributed by atoms with van der Waals surface area (Å²) in [5, 5.41) is 0. The van der Waals surface area contributed by atoms with Crippen LogP contribution >= 0.6 is 0 Å². The lowest BCUT2D eigenvalue weighted by Crippen LogP contribution is -1.91. The van der Waals surface area contributed by atoms with E-state index in [0.29, 0.717) is 0 Å². The molecule has 0 unspecified atom stereocenters. The minimum Gasteiger partial charge on any atom is -0.497 e. The van der Waals surface area contributed by atoms with E-state index in [1.165, 1.54) is 11.1 Å². The van der Waals surface area contributed by atoms with Crippen LogP contribution in [0, 0.1) is 25.7 Å². The predicted molar refractivity (Wildman–Crippen MR) is 55.0 cm³/mol. The molecule has 0 heterocycles. The molecule has 1 nitrogen and oxygen atoms in total. The Labute approximate surface area is 79.7 Å². The van der Waals surface area contributed by atoms with Gasteiger partial charge in [0, 0.05) is 5.56 Å². The van der Waals surface area contributed by atoms with Gasteiger partial charge in [0.15, 0.2) is 0 Å². The van der Waals surface area contributed by atoms with Gasteiger partial charge in [-0.05, 0) is 44.0 Å². The second-order valence-electron chi connectivity index (χ2n) is 3.01. The molecule has 1 heteroatoms. The van der Waals surface area contributed by atoms with E-state index in [2.05, 4.69) is 25.7 Å². The van der Waals surface area contributed by atoms with Crippen LogP contribution in [0.1, 0.15) is 23.6 Å². The average molecular weight is 174 g/mol. The lowest BCUT2D eigenvalue weighted by atomic mass is 10.0. The van der Waals surface area contributed by atoms with Crippen LogP contribution in [0.3, 0.4) is 0 Å². The molecule has 0 saturated carbocycles. The van der Waals surface area contributed by atoms with Gasteiger partial charge in [0.05, 0.1) is 7.11 Å². The maximum atomic E-state index is 5.16. The number of benzene rings is 1. The maximum absolute atomic E-state index is 5.16. The Hall–Kier alpha value is -1.42. The Morgan fingerprint density at radius 3 is 2.08 bits per heavy atom. The molecule has 0 amide bonds. The van der Waals surface area contributed by atoms with Crippen LogP contribution in [0.25, 0.3) is 0 Å². The SMILES string of the molecule is CC#Cc1c(C)cc(OC)cc1C. The van der Waals surface area contributed by atoms with Crippen molar-refractivity contribution in [2.24, 2.45) is 0 Å². The summed E-state index contributed by atoms with van der Waals surface area (Å²) in [6.45, 7) is 5.95. The molecule has 0 aliphatic carbocycles. The van der Waals surface area contributed by atoms with Crippen molar-refractivity contribution < 1.29 is 4.74 Å². The summed E-state index contributed by atoms with van der Waals surface area (Å²) in [7, 11) is 1.68. The summed E-state index contributed by atoms with van der Waals surface area (Å²) in [5.74, 6) is 6.90. The third-order valence-electron chi connectivity index (χ3n) is 1.99. The highest BCUT2D eigenvalue weighted by atomic mass is 16.5.